The van der Waals surface area contributed by atoms with Crippen LogP contribution in [0.3, 0.4) is 0 Å². The lowest BCUT2D eigenvalue weighted by Crippen LogP contribution is -2.39. The van der Waals surface area contributed by atoms with Crippen molar-refractivity contribution in [3.63, 3.8) is 0 Å². The first-order valence-corrected chi connectivity index (χ1v) is 18.4. The van der Waals surface area contributed by atoms with Crippen LogP contribution in [0.15, 0.2) is 54.6 Å². The molecular formula is C44H41N5O9. The molecule has 58 heavy (non-hydrogen) atoms. The van der Waals surface area contributed by atoms with Crippen molar-refractivity contribution >= 4 is 63.9 Å². The smallest absolute Gasteiger partial charge is 0.328 e. The minimum atomic E-state index is -0.872. The first-order chi connectivity index (χ1) is 28.2. The Morgan fingerprint density at radius 1 is 0.621 bits per heavy atom. The highest BCUT2D eigenvalue weighted by Crippen LogP contribution is 2.45. The van der Waals surface area contributed by atoms with Gasteiger partial charge in [-0.15, -0.1) is 0 Å². The highest BCUT2D eigenvalue weighted by Gasteiger charge is 2.40. The number of nitrogens with zero attached hydrogens (tertiary/aromatic N) is 3. The molecule has 0 radical (unpaired) electrons. The van der Waals surface area contributed by atoms with Crippen LogP contribution in [-0.2, 0) is 14.3 Å². The SMILES string of the molecule is COC(=O)[C@@H]1CCC(=O)N1c1c2nc(c(-c3cc(OC)c(OC)c(OC)c3)c3ccc(cc4nc(c(-c5cc(OC)c(OC)c(OC)c5)c5ccc1[nH]5)C=C4)[nH]3)C=C2. The number of aromatic nitrogens is 4. The molecule has 8 rings (SSSR count). The van der Waals surface area contributed by atoms with Gasteiger partial charge in [0.1, 0.15) is 6.04 Å². The minimum Gasteiger partial charge on any atom is -0.493 e. The number of H-pyrrole nitrogens is 2. The molecule has 1 fully saturated rings. The van der Waals surface area contributed by atoms with Gasteiger partial charge in [-0.3, -0.25) is 9.69 Å². The fourth-order valence-corrected chi connectivity index (χ4v) is 7.76. The van der Waals surface area contributed by atoms with Crippen LogP contribution in [0, 0.1) is 0 Å². The molecule has 1 atom stereocenters. The number of rotatable bonds is 10. The first-order valence-electron chi connectivity index (χ1n) is 18.4. The highest BCUT2D eigenvalue weighted by atomic mass is 16.5. The third-order valence-electron chi connectivity index (χ3n) is 10.4. The van der Waals surface area contributed by atoms with Crippen molar-refractivity contribution < 1.29 is 42.7 Å². The van der Waals surface area contributed by atoms with E-state index in [1.54, 1.807) is 42.7 Å². The van der Waals surface area contributed by atoms with Crippen LogP contribution >= 0.6 is 0 Å². The van der Waals surface area contributed by atoms with E-state index in [1.165, 1.54) is 12.0 Å². The van der Waals surface area contributed by atoms with Gasteiger partial charge >= 0.3 is 5.97 Å². The Labute approximate surface area is 333 Å². The largest absolute Gasteiger partial charge is 0.493 e. The monoisotopic (exact) mass is 783 g/mol. The van der Waals surface area contributed by atoms with E-state index in [4.69, 9.17) is 43.1 Å². The molecule has 2 N–H and O–H groups in total. The van der Waals surface area contributed by atoms with E-state index in [2.05, 4.69) is 9.97 Å². The van der Waals surface area contributed by atoms with Gasteiger partial charge in [0.15, 0.2) is 23.0 Å². The van der Waals surface area contributed by atoms with Crippen LogP contribution < -0.4 is 33.3 Å². The van der Waals surface area contributed by atoms with Crippen LogP contribution in [0.4, 0.5) is 5.69 Å². The number of nitrogens with one attached hydrogen (secondary N) is 2. The van der Waals surface area contributed by atoms with Gasteiger partial charge in [-0.05, 0) is 96.4 Å². The molecule has 0 aliphatic carbocycles. The third-order valence-corrected chi connectivity index (χ3v) is 10.4. The number of aromatic amines is 2. The van der Waals surface area contributed by atoms with Crippen LogP contribution in [0.2, 0.25) is 0 Å². The average Bonchev–Trinajstić information content (AvgIpc) is 4.11. The van der Waals surface area contributed by atoms with E-state index in [0.717, 1.165) is 33.3 Å². The Hall–Kier alpha value is -7.22. The Kier molecular flexibility index (Phi) is 9.99. The van der Waals surface area contributed by atoms with Gasteiger partial charge in [0.25, 0.3) is 0 Å². The topological polar surface area (TPSA) is 159 Å². The van der Waals surface area contributed by atoms with E-state index in [0.29, 0.717) is 74.0 Å². The molecule has 1 saturated heterocycles. The summed E-state index contributed by atoms with van der Waals surface area (Å²) in [6.45, 7) is 0. The number of ether oxygens (including phenoxy) is 7. The van der Waals surface area contributed by atoms with Gasteiger partial charge in [0, 0.05) is 34.1 Å². The number of anilines is 1. The van der Waals surface area contributed by atoms with E-state index in [-0.39, 0.29) is 18.7 Å². The average molecular weight is 784 g/mol. The molecule has 1 amide bonds. The van der Waals surface area contributed by atoms with E-state index >= 15 is 0 Å². The van der Waals surface area contributed by atoms with Crippen LogP contribution in [0.5, 0.6) is 34.5 Å². The van der Waals surface area contributed by atoms with Crippen LogP contribution in [0.1, 0.15) is 35.6 Å². The zero-order valence-corrected chi connectivity index (χ0v) is 33.0. The number of esters is 1. The second kappa shape index (κ2) is 15.4. The van der Waals surface area contributed by atoms with Gasteiger partial charge in [0.05, 0.1) is 83.7 Å². The van der Waals surface area contributed by atoms with Crippen molar-refractivity contribution in [1.29, 1.82) is 0 Å². The molecule has 0 spiro atoms. The molecule has 14 heteroatoms. The number of carbonyl (C=O) groups excluding carboxylic acids is 2. The summed E-state index contributed by atoms with van der Waals surface area (Å²) in [5, 5.41) is 0. The molecule has 6 heterocycles. The highest BCUT2D eigenvalue weighted by molar-refractivity contribution is 6.08. The summed E-state index contributed by atoms with van der Waals surface area (Å²) in [7, 11) is 10.7. The fourth-order valence-electron chi connectivity index (χ4n) is 7.76. The summed E-state index contributed by atoms with van der Waals surface area (Å²) < 4.78 is 39.5. The summed E-state index contributed by atoms with van der Waals surface area (Å²) in [6.07, 6.45) is 8.03. The number of hydrogen-bond acceptors (Lipinski definition) is 11. The summed E-state index contributed by atoms with van der Waals surface area (Å²) in [4.78, 5) is 46.1. The standard InChI is InChI=1S/C44H41N5O9/c1-52-34-18-23(19-35(53-2)42(34)56-5)39-27-10-8-25(45-27)22-26-9-11-28(46-26)40(24-20-36(54-3)43(57-6)37(21-24)55-4)30-13-15-32(48-30)41(31-14-12-29(39)47-31)49-33(44(51)58-7)16-17-38(49)50/h8-15,18-22,33,45,48H,16-17H2,1-7H3/t33-/m0/s1. The maximum Gasteiger partial charge on any atom is 0.328 e. The molecule has 8 bridgehead atoms. The van der Waals surface area contributed by atoms with Crippen molar-refractivity contribution in [2.24, 2.45) is 0 Å². The van der Waals surface area contributed by atoms with Gasteiger partial charge in [0.2, 0.25) is 17.4 Å². The molecule has 3 aliphatic heterocycles. The van der Waals surface area contributed by atoms with Gasteiger partial charge < -0.3 is 43.1 Å². The van der Waals surface area contributed by atoms with Gasteiger partial charge in [-0.2, -0.15) is 0 Å². The lowest BCUT2D eigenvalue weighted by molar-refractivity contribution is -0.142. The van der Waals surface area contributed by atoms with Gasteiger partial charge in [-0.1, -0.05) is 0 Å². The number of fused-ring (bicyclic) bond motifs is 8. The maximum absolute atomic E-state index is 13.9. The lowest BCUT2D eigenvalue weighted by atomic mass is 10.0. The molecule has 3 aromatic heterocycles. The van der Waals surface area contributed by atoms with Crippen LogP contribution in [0.25, 0.3) is 68.6 Å². The van der Waals surface area contributed by atoms with Crippen molar-refractivity contribution in [3.8, 4) is 56.8 Å². The number of carbonyl (C=O) groups is 2. The molecule has 14 nitrogen and oxygen atoms in total. The zero-order chi connectivity index (χ0) is 40.7. The molecule has 2 aromatic carbocycles. The van der Waals surface area contributed by atoms with Crippen LogP contribution in [-0.4, -0.2) is 87.6 Å². The van der Waals surface area contributed by atoms with E-state index in [9.17, 15) is 9.59 Å². The number of methoxy groups -OCH3 is 7. The molecule has 0 saturated carbocycles. The summed E-state index contributed by atoms with van der Waals surface area (Å²) in [5.41, 5.74) is 8.40. The minimum absolute atomic E-state index is 0.151. The summed E-state index contributed by atoms with van der Waals surface area (Å²) >= 11 is 0. The van der Waals surface area contributed by atoms with Gasteiger partial charge in [-0.25, -0.2) is 14.8 Å². The quantitative estimate of drug-likeness (QED) is 0.131. The Bertz CT molecular complexity index is 2600. The first kappa shape index (κ1) is 37.7. The Morgan fingerprint density at radius 2 is 1.14 bits per heavy atom. The number of hydrogen-bond donors (Lipinski definition) is 2. The van der Waals surface area contributed by atoms with Crippen molar-refractivity contribution in [2.75, 3.05) is 54.7 Å². The second-order valence-corrected chi connectivity index (χ2v) is 13.5. The normalized spacial score (nSPS) is 14.4. The van der Waals surface area contributed by atoms with E-state index in [1.807, 2.05) is 78.9 Å². The molecule has 5 aromatic rings. The fraction of sp³-hybridized carbons (Fsp3) is 0.227. The Morgan fingerprint density at radius 3 is 1.71 bits per heavy atom. The van der Waals surface area contributed by atoms with Crippen molar-refractivity contribution in [2.45, 2.75) is 18.9 Å². The van der Waals surface area contributed by atoms with E-state index < -0.39 is 12.0 Å². The second-order valence-electron chi connectivity index (χ2n) is 13.5. The van der Waals surface area contributed by atoms with Crippen molar-refractivity contribution in [1.82, 2.24) is 19.9 Å². The predicted octanol–water partition coefficient (Wildman–Crippen LogP) is 7.71. The summed E-state index contributed by atoms with van der Waals surface area (Å²) in [5.74, 6) is 1.97. The lowest BCUT2D eigenvalue weighted by Gasteiger charge is -2.23. The molecule has 3 aliphatic rings. The van der Waals surface area contributed by atoms with Crippen molar-refractivity contribution in [3.05, 3.63) is 77.4 Å². The number of benzene rings is 2. The molecular weight excluding hydrogens is 743 g/mol. The number of amides is 1. The third kappa shape index (κ3) is 6.41. The summed E-state index contributed by atoms with van der Waals surface area (Å²) in [6, 6.07) is 16.2. The molecule has 0 unspecified atom stereocenters. The maximum atomic E-state index is 13.9. The Balaban J connectivity index is 1.52. The molecule has 296 valence electrons. The zero-order valence-electron chi connectivity index (χ0n) is 33.0. The predicted molar refractivity (Wildman–Crippen MR) is 222 cm³/mol.